The third-order valence-corrected chi connectivity index (χ3v) is 7.13. The molecule has 3 heterocycles. The Balaban J connectivity index is 1.83. The normalized spacial score (nSPS) is 26.3. The highest BCUT2D eigenvalue weighted by molar-refractivity contribution is 7.89. The molecule has 1 fully saturated rings. The number of hydrogen-bond acceptors (Lipinski definition) is 6. The summed E-state index contributed by atoms with van der Waals surface area (Å²) in [6.45, 7) is 3.67. The summed E-state index contributed by atoms with van der Waals surface area (Å²) in [7, 11) is -3.97. The van der Waals surface area contributed by atoms with E-state index in [9.17, 15) is 31.5 Å². The molecular weight excluding hydrogens is 415 g/mol. The Hall–Kier alpha value is -1.99. The molecule has 162 valence electrons. The standard InChI is InChI=1S/C16H22F3N5O4S/c1-3-22-10-13(11(2)21-22)29(27,28)23-8-4-5-12(9-23)14(25)24-15(26,6-7-20-24)16(17,18)19/h7,10,12,26H,3-6,8-9H2,1-2H3/t12-,15+/m0/s1. The third kappa shape index (κ3) is 3.66. The summed E-state index contributed by atoms with van der Waals surface area (Å²) >= 11 is 0. The van der Waals surface area contributed by atoms with Crippen LogP contribution in [-0.2, 0) is 21.4 Å². The number of hydrogen-bond donors (Lipinski definition) is 1. The average molecular weight is 437 g/mol. The zero-order valence-electron chi connectivity index (χ0n) is 15.9. The summed E-state index contributed by atoms with van der Waals surface area (Å²) in [5, 5.41) is 17.5. The summed E-state index contributed by atoms with van der Waals surface area (Å²) in [5.41, 5.74) is -3.11. The minimum absolute atomic E-state index is 0.00145. The van der Waals surface area contributed by atoms with Crippen LogP contribution < -0.4 is 0 Å². The van der Waals surface area contributed by atoms with Crippen LogP contribution in [0, 0.1) is 12.8 Å². The van der Waals surface area contributed by atoms with Crippen molar-refractivity contribution in [2.45, 2.75) is 56.5 Å². The molecule has 13 heteroatoms. The molecule has 0 aliphatic carbocycles. The maximum absolute atomic E-state index is 13.3. The summed E-state index contributed by atoms with van der Waals surface area (Å²) < 4.78 is 68.3. The second-order valence-electron chi connectivity index (χ2n) is 7.10. The first-order valence-electron chi connectivity index (χ1n) is 9.11. The fourth-order valence-corrected chi connectivity index (χ4v) is 5.19. The van der Waals surface area contributed by atoms with Gasteiger partial charge in [-0.2, -0.15) is 32.7 Å². The average Bonchev–Trinajstić information content (AvgIpc) is 3.24. The largest absolute Gasteiger partial charge is 0.438 e. The van der Waals surface area contributed by atoms with Gasteiger partial charge in [-0.15, -0.1) is 0 Å². The number of carbonyl (C=O) groups is 1. The second-order valence-corrected chi connectivity index (χ2v) is 9.01. The Kier molecular flexibility index (Phi) is 5.51. The van der Waals surface area contributed by atoms with Crippen molar-refractivity contribution in [3.8, 4) is 0 Å². The Morgan fingerprint density at radius 1 is 1.41 bits per heavy atom. The van der Waals surface area contributed by atoms with Gasteiger partial charge in [0.15, 0.2) is 0 Å². The highest BCUT2D eigenvalue weighted by Crippen LogP contribution is 2.40. The Morgan fingerprint density at radius 3 is 2.69 bits per heavy atom. The molecule has 3 rings (SSSR count). The van der Waals surface area contributed by atoms with Crippen LogP contribution in [-0.4, -0.2) is 69.7 Å². The van der Waals surface area contributed by atoms with Gasteiger partial charge in [-0.25, -0.2) is 8.42 Å². The zero-order valence-corrected chi connectivity index (χ0v) is 16.7. The minimum Gasteiger partial charge on any atom is -0.362 e. The van der Waals surface area contributed by atoms with E-state index in [0.29, 0.717) is 18.7 Å². The molecule has 2 aliphatic heterocycles. The smallest absolute Gasteiger partial charge is 0.362 e. The first-order valence-corrected chi connectivity index (χ1v) is 10.6. The predicted molar refractivity (Wildman–Crippen MR) is 95.1 cm³/mol. The number of aryl methyl sites for hydroxylation is 2. The molecule has 1 N–H and O–H groups in total. The third-order valence-electron chi connectivity index (χ3n) is 5.16. The number of aliphatic hydroxyl groups is 1. The molecule has 0 radical (unpaired) electrons. The minimum atomic E-state index is -5.09. The molecule has 0 saturated carbocycles. The molecule has 1 saturated heterocycles. The number of aromatic nitrogens is 2. The van der Waals surface area contributed by atoms with E-state index in [2.05, 4.69) is 10.2 Å². The van der Waals surface area contributed by atoms with Gasteiger partial charge in [-0.05, 0) is 26.7 Å². The van der Waals surface area contributed by atoms with Gasteiger partial charge in [0.25, 0.3) is 5.72 Å². The zero-order chi connectivity index (χ0) is 21.6. The van der Waals surface area contributed by atoms with Gasteiger partial charge in [0.1, 0.15) is 4.90 Å². The van der Waals surface area contributed by atoms with E-state index in [1.807, 2.05) is 0 Å². The lowest BCUT2D eigenvalue weighted by atomic mass is 9.97. The SMILES string of the molecule is CCn1cc(S(=O)(=O)N2CCC[C@H](C(=O)N3N=CC[C@@]3(O)C(F)(F)F)C2)c(C)n1. The van der Waals surface area contributed by atoms with Crippen molar-refractivity contribution in [1.29, 1.82) is 0 Å². The van der Waals surface area contributed by atoms with E-state index in [1.54, 1.807) is 13.8 Å². The summed E-state index contributed by atoms with van der Waals surface area (Å²) in [5.74, 6) is -2.11. The van der Waals surface area contributed by atoms with Crippen LogP contribution in [0.5, 0.6) is 0 Å². The molecule has 0 aromatic carbocycles. The molecule has 2 aliphatic rings. The Bertz CT molecular complexity index is 929. The van der Waals surface area contributed by atoms with E-state index in [-0.39, 0.29) is 29.4 Å². The number of carbonyl (C=O) groups excluding carboxylic acids is 1. The van der Waals surface area contributed by atoms with Gasteiger partial charge in [0.2, 0.25) is 15.9 Å². The number of nitrogens with zero attached hydrogens (tertiary/aromatic N) is 5. The van der Waals surface area contributed by atoms with Crippen LogP contribution in [0.3, 0.4) is 0 Å². The lowest BCUT2D eigenvalue weighted by molar-refractivity contribution is -0.303. The van der Waals surface area contributed by atoms with Gasteiger partial charge in [0.05, 0.1) is 11.6 Å². The van der Waals surface area contributed by atoms with Crippen molar-refractivity contribution in [2.75, 3.05) is 13.1 Å². The summed E-state index contributed by atoms with van der Waals surface area (Å²) in [6.07, 6.45) is -3.26. The monoisotopic (exact) mass is 437 g/mol. The lowest BCUT2D eigenvalue weighted by Crippen LogP contribution is -2.58. The first-order chi connectivity index (χ1) is 13.4. The van der Waals surface area contributed by atoms with E-state index in [4.69, 9.17) is 0 Å². The molecule has 9 nitrogen and oxygen atoms in total. The van der Waals surface area contributed by atoms with Crippen molar-refractivity contribution in [3.63, 3.8) is 0 Å². The van der Waals surface area contributed by atoms with E-state index < -0.39 is 40.2 Å². The lowest BCUT2D eigenvalue weighted by Gasteiger charge is -2.37. The van der Waals surface area contributed by atoms with Crippen molar-refractivity contribution in [3.05, 3.63) is 11.9 Å². The highest BCUT2D eigenvalue weighted by Gasteiger charge is 2.62. The van der Waals surface area contributed by atoms with Crippen molar-refractivity contribution < 1.29 is 31.5 Å². The molecule has 1 aromatic heterocycles. The fourth-order valence-electron chi connectivity index (χ4n) is 3.50. The number of amides is 1. The van der Waals surface area contributed by atoms with Gasteiger partial charge in [0, 0.05) is 38.5 Å². The summed E-state index contributed by atoms with van der Waals surface area (Å²) in [6, 6.07) is 0. The molecular formula is C16H22F3N5O4S. The van der Waals surface area contributed by atoms with Crippen molar-refractivity contribution in [1.82, 2.24) is 19.1 Å². The van der Waals surface area contributed by atoms with Crippen LogP contribution in [0.15, 0.2) is 16.2 Å². The van der Waals surface area contributed by atoms with E-state index in [1.165, 1.54) is 10.9 Å². The number of hydrazone groups is 1. The maximum atomic E-state index is 13.3. The number of alkyl halides is 3. The molecule has 0 unspecified atom stereocenters. The van der Waals surface area contributed by atoms with Crippen LogP contribution in [0.2, 0.25) is 0 Å². The molecule has 0 bridgehead atoms. The number of piperidine rings is 1. The fraction of sp³-hybridized carbons (Fsp3) is 0.688. The Morgan fingerprint density at radius 2 is 2.10 bits per heavy atom. The first kappa shape index (κ1) is 21.7. The van der Waals surface area contributed by atoms with E-state index in [0.717, 1.165) is 10.5 Å². The maximum Gasteiger partial charge on any atom is 0.438 e. The van der Waals surface area contributed by atoms with Gasteiger partial charge in [-0.1, -0.05) is 0 Å². The topological polar surface area (TPSA) is 108 Å². The van der Waals surface area contributed by atoms with Crippen molar-refractivity contribution >= 4 is 22.1 Å². The van der Waals surface area contributed by atoms with Gasteiger partial charge < -0.3 is 5.11 Å². The molecule has 1 aromatic rings. The van der Waals surface area contributed by atoms with E-state index >= 15 is 0 Å². The quantitative estimate of drug-likeness (QED) is 0.759. The number of halogens is 3. The number of sulfonamides is 1. The van der Waals surface area contributed by atoms with Crippen molar-refractivity contribution in [2.24, 2.45) is 11.0 Å². The summed E-state index contributed by atoms with van der Waals surface area (Å²) in [4.78, 5) is 12.7. The van der Waals surface area contributed by atoms with Crippen LogP contribution in [0.25, 0.3) is 0 Å². The molecule has 29 heavy (non-hydrogen) atoms. The molecule has 2 atom stereocenters. The second kappa shape index (κ2) is 7.36. The van der Waals surface area contributed by atoms with Gasteiger partial charge >= 0.3 is 6.18 Å². The van der Waals surface area contributed by atoms with Crippen LogP contribution >= 0.6 is 0 Å². The highest BCUT2D eigenvalue weighted by atomic mass is 32.2. The van der Waals surface area contributed by atoms with Crippen LogP contribution in [0.4, 0.5) is 13.2 Å². The number of rotatable bonds is 4. The van der Waals surface area contributed by atoms with Gasteiger partial charge in [-0.3, -0.25) is 9.48 Å². The van der Waals surface area contributed by atoms with Crippen LogP contribution in [0.1, 0.15) is 31.9 Å². The predicted octanol–water partition coefficient (Wildman–Crippen LogP) is 1.08. The molecule has 0 spiro atoms. The Labute approximate surface area is 165 Å². The molecule has 1 amide bonds.